The Balaban J connectivity index is 0.00000216. The summed E-state index contributed by atoms with van der Waals surface area (Å²) in [7, 11) is 1.61. The number of nitrogens with zero attached hydrogens (tertiary/aromatic N) is 5. The molecule has 2 aromatic heterocycles. The van der Waals surface area contributed by atoms with Gasteiger partial charge in [0.25, 0.3) is 5.91 Å². The average molecular weight is 545 g/mol. The fourth-order valence-corrected chi connectivity index (χ4v) is 4.82. The number of aliphatic imine (C=N–C) groups is 1. The van der Waals surface area contributed by atoms with E-state index in [1.54, 1.807) is 31.6 Å². The maximum Gasteiger partial charge on any atom is 0.255 e. The van der Waals surface area contributed by atoms with E-state index >= 15 is 0 Å². The van der Waals surface area contributed by atoms with Gasteiger partial charge in [-0.15, -0.1) is 0 Å². The molecule has 9 heteroatoms. The average Bonchev–Trinajstić information content (AvgIpc) is 3.00. The van der Waals surface area contributed by atoms with E-state index in [4.69, 9.17) is 0 Å². The summed E-state index contributed by atoms with van der Waals surface area (Å²) >= 11 is 0. The Morgan fingerprint density at radius 2 is 1.82 bits per heavy atom. The van der Waals surface area contributed by atoms with Gasteiger partial charge in [0.05, 0.1) is 11.1 Å². The van der Waals surface area contributed by atoms with Crippen molar-refractivity contribution in [3.05, 3.63) is 72.2 Å². The highest BCUT2D eigenvalue weighted by atomic mass is 16.5. The molecule has 0 saturated carbocycles. The zero-order chi connectivity index (χ0) is 29.3. The molecule has 0 aliphatic carbocycles. The molecule has 1 saturated heterocycles. The molecule has 2 N–H and O–H groups in total. The number of likely N-dealkylation sites (tertiary alicyclic amines) is 1. The molecule has 40 heavy (non-hydrogen) atoms. The van der Waals surface area contributed by atoms with Crippen LogP contribution in [0.25, 0.3) is 11.1 Å². The van der Waals surface area contributed by atoms with E-state index in [0.717, 1.165) is 42.7 Å². The summed E-state index contributed by atoms with van der Waals surface area (Å²) in [6.07, 6.45) is 7.14. The van der Waals surface area contributed by atoms with Crippen LogP contribution in [0.3, 0.4) is 0 Å². The zero-order valence-electron chi connectivity index (χ0n) is 24.3. The van der Waals surface area contributed by atoms with Crippen LogP contribution in [0, 0.1) is 11.3 Å². The summed E-state index contributed by atoms with van der Waals surface area (Å²) in [6, 6.07) is 12.9. The first-order valence-corrected chi connectivity index (χ1v) is 13.7. The van der Waals surface area contributed by atoms with E-state index < -0.39 is 0 Å². The molecule has 9 nitrogen and oxygen atoms in total. The quantitative estimate of drug-likeness (QED) is 0.131. The number of hydrogen-bond acceptors (Lipinski definition) is 6. The van der Waals surface area contributed by atoms with Crippen molar-refractivity contribution in [1.29, 1.82) is 0 Å². The van der Waals surface area contributed by atoms with Crippen LogP contribution in [0.2, 0.25) is 0 Å². The number of aromatic nitrogens is 2. The molecule has 1 aliphatic rings. The molecule has 0 radical (unpaired) electrons. The molecular weight excluding hydrogens is 504 g/mol. The third-order valence-corrected chi connectivity index (χ3v) is 7.03. The summed E-state index contributed by atoms with van der Waals surface area (Å²) in [4.78, 5) is 39.0. The summed E-state index contributed by atoms with van der Waals surface area (Å²) in [5.41, 5.74) is 3.71. The van der Waals surface area contributed by atoms with Gasteiger partial charge in [-0.2, -0.15) is 5.06 Å². The number of pyridine rings is 2. The molecule has 1 aromatic carbocycles. The van der Waals surface area contributed by atoms with Crippen molar-refractivity contribution in [3.63, 3.8) is 0 Å². The molecule has 0 unspecified atom stereocenters. The first-order valence-electron chi connectivity index (χ1n) is 13.7. The van der Waals surface area contributed by atoms with E-state index in [9.17, 15) is 14.8 Å². The smallest absolute Gasteiger partial charge is 0.255 e. The number of anilines is 2. The Kier molecular flexibility index (Phi) is 10.5. The molecule has 0 spiro atoms. The monoisotopic (exact) mass is 544 g/mol. The van der Waals surface area contributed by atoms with Crippen LogP contribution in [0.1, 0.15) is 63.4 Å². The number of amides is 2. The second-order valence-corrected chi connectivity index (χ2v) is 10.5. The summed E-state index contributed by atoms with van der Waals surface area (Å²) in [5.74, 6) is 1.11. The van der Waals surface area contributed by atoms with E-state index in [1.807, 2.05) is 49.1 Å². The summed E-state index contributed by atoms with van der Waals surface area (Å²) in [6.45, 7) is 12.3. The number of rotatable bonds is 6. The van der Waals surface area contributed by atoms with E-state index in [0.29, 0.717) is 27.9 Å². The number of hydrogen-bond donors (Lipinski definition) is 2. The molecule has 0 bridgehead atoms. The van der Waals surface area contributed by atoms with Crippen LogP contribution >= 0.6 is 0 Å². The molecule has 3 aromatic rings. The third-order valence-electron chi connectivity index (χ3n) is 7.03. The molecular formula is C31H40N6O3. The van der Waals surface area contributed by atoms with E-state index in [2.05, 4.69) is 41.0 Å². The van der Waals surface area contributed by atoms with Crippen molar-refractivity contribution in [2.75, 3.05) is 30.5 Å². The van der Waals surface area contributed by atoms with Crippen molar-refractivity contribution in [2.24, 2.45) is 16.3 Å². The minimum Gasteiger partial charge on any atom is -0.340 e. The standard InChI is InChI=1S/C29H34N6O3.C2H6/c1-29(2,3)23-10-13-34(14-11-23)28(37)22-15-21(17-31-18-22)20-7-5-8-24(16-20)33-26(30-4)25-9-6-12-32-27(25)35(38)19-36;1-2/h5-9,12,15-19,23,38H,10-11,13-14H2,1-4H3,(H,30,33);1-2H3. The van der Waals surface area contributed by atoms with E-state index in [1.165, 1.54) is 6.20 Å². The number of benzene rings is 1. The highest BCUT2D eigenvalue weighted by Gasteiger charge is 2.30. The summed E-state index contributed by atoms with van der Waals surface area (Å²) < 4.78 is 0. The highest BCUT2D eigenvalue weighted by Crippen LogP contribution is 2.34. The molecule has 2 amide bonds. The second kappa shape index (κ2) is 13.8. The lowest BCUT2D eigenvalue weighted by atomic mass is 9.75. The molecule has 1 aliphatic heterocycles. The largest absolute Gasteiger partial charge is 0.340 e. The van der Waals surface area contributed by atoms with Gasteiger partial charge in [-0.25, -0.2) is 4.98 Å². The SMILES string of the molecule is CC.CN=C(Nc1cccc(-c2cncc(C(=O)N3CCC(C(C)(C)C)CC3)c2)c1)c1cccnc1N(O)C=O. The van der Waals surface area contributed by atoms with Crippen LogP contribution < -0.4 is 10.4 Å². The van der Waals surface area contributed by atoms with Gasteiger partial charge >= 0.3 is 0 Å². The van der Waals surface area contributed by atoms with Crippen molar-refractivity contribution >= 4 is 29.7 Å². The second-order valence-electron chi connectivity index (χ2n) is 10.5. The van der Waals surface area contributed by atoms with Gasteiger partial charge in [0, 0.05) is 50.0 Å². The topological polar surface area (TPSA) is 111 Å². The Hall–Kier alpha value is -4.11. The zero-order valence-corrected chi connectivity index (χ0v) is 24.3. The summed E-state index contributed by atoms with van der Waals surface area (Å²) in [5, 5.41) is 13.6. The number of amidine groups is 1. The van der Waals surface area contributed by atoms with Gasteiger partial charge < -0.3 is 10.2 Å². The molecule has 4 rings (SSSR count). The van der Waals surface area contributed by atoms with Crippen molar-refractivity contribution in [1.82, 2.24) is 14.9 Å². The van der Waals surface area contributed by atoms with Crippen molar-refractivity contribution in [3.8, 4) is 11.1 Å². The van der Waals surface area contributed by atoms with Gasteiger partial charge in [-0.3, -0.25) is 24.8 Å². The van der Waals surface area contributed by atoms with Gasteiger partial charge in [0.2, 0.25) is 6.41 Å². The maximum absolute atomic E-state index is 13.3. The number of hydroxylamine groups is 1. The lowest BCUT2D eigenvalue weighted by Gasteiger charge is -2.38. The van der Waals surface area contributed by atoms with Crippen LogP contribution in [0.4, 0.5) is 11.5 Å². The lowest BCUT2D eigenvalue weighted by molar-refractivity contribution is -0.111. The number of carbonyl (C=O) groups is 2. The number of carbonyl (C=O) groups excluding carboxylic acids is 2. The Bertz CT molecular complexity index is 1330. The predicted octanol–water partition coefficient (Wildman–Crippen LogP) is 5.91. The lowest BCUT2D eigenvalue weighted by Crippen LogP contribution is -2.41. The van der Waals surface area contributed by atoms with E-state index in [-0.39, 0.29) is 23.6 Å². The molecule has 3 heterocycles. The van der Waals surface area contributed by atoms with Crippen LogP contribution in [-0.4, -0.2) is 58.4 Å². The number of nitrogens with one attached hydrogen (secondary N) is 1. The fraction of sp³-hybridized carbons (Fsp3) is 0.387. The number of piperidine rings is 1. The van der Waals surface area contributed by atoms with Crippen molar-refractivity contribution < 1.29 is 14.8 Å². The Morgan fingerprint density at radius 3 is 2.48 bits per heavy atom. The van der Waals surface area contributed by atoms with Crippen LogP contribution in [0.15, 0.2) is 66.0 Å². The minimum atomic E-state index is 0.00855. The van der Waals surface area contributed by atoms with Gasteiger partial charge in [0.15, 0.2) is 5.82 Å². The van der Waals surface area contributed by atoms with Crippen LogP contribution in [0.5, 0.6) is 0 Å². The van der Waals surface area contributed by atoms with Crippen molar-refractivity contribution in [2.45, 2.75) is 47.5 Å². The van der Waals surface area contributed by atoms with Crippen LogP contribution in [-0.2, 0) is 4.79 Å². The fourth-order valence-electron chi connectivity index (χ4n) is 4.82. The van der Waals surface area contributed by atoms with Gasteiger partial charge in [0.1, 0.15) is 5.84 Å². The van der Waals surface area contributed by atoms with Gasteiger partial charge in [-0.1, -0.05) is 46.8 Å². The first kappa shape index (κ1) is 30.4. The Labute approximate surface area is 236 Å². The normalized spacial score (nSPS) is 14.2. The third kappa shape index (κ3) is 7.30. The molecule has 212 valence electrons. The predicted molar refractivity (Wildman–Crippen MR) is 160 cm³/mol. The molecule has 1 fully saturated rings. The molecule has 0 atom stereocenters. The highest BCUT2D eigenvalue weighted by molar-refractivity contribution is 6.12. The van der Waals surface area contributed by atoms with Gasteiger partial charge in [-0.05, 0) is 60.1 Å². The minimum absolute atomic E-state index is 0.00855. The maximum atomic E-state index is 13.3. The Morgan fingerprint density at radius 1 is 1.10 bits per heavy atom. The first-order chi connectivity index (χ1) is 19.2.